The Morgan fingerprint density at radius 1 is 0.854 bits per heavy atom. The highest BCUT2D eigenvalue weighted by Crippen LogP contribution is 2.31. The quantitative estimate of drug-likeness (QED) is 0.150. The lowest BCUT2D eigenvalue weighted by Gasteiger charge is -2.24. The van der Waals surface area contributed by atoms with Gasteiger partial charge in [0.05, 0.1) is 0 Å². The molecular weight excluding hydrogens is 534 g/mol. The van der Waals surface area contributed by atoms with E-state index >= 15 is 0 Å². The number of esters is 2. The monoisotopic (exact) mass is 581 g/mol. The highest BCUT2D eigenvalue weighted by molar-refractivity contribution is 5.76. The lowest BCUT2D eigenvalue weighted by atomic mass is 10.1. The maximum atomic E-state index is 12.6. The molecule has 1 aromatic carbocycles. The molecule has 0 aliphatic carbocycles. The van der Waals surface area contributed by atoms with Crippen LogP contribution in [0.25, 0.3) is 0 Å². The van der Waals surface area contributed by atoms with Gasteiger partial charge in [-0.05, 0) is 77.5 Å². The first-order valence-corrected chi connectivity index (χ1v) is 14.1. The first kappa shape index (κ1) is 35.7. The molecule has 0 amide bonds. The van der Waals surface area contributed by atoms with Crippen LogP contribution in [0.3, 0.4) is 0 Å². The molecule has 0 heterocycles. The number of ether oxygens (including phenoxy) is 6. The minimum atomic E-state index is -1.07. The molecule has 0 spiro atoms. The standard InChI is InChI=1S/C30H47NO10/c1-10-19(4)15-25(32)36-18-20(5)37-26(33)22(31)16-21-13-14-23(38-27(34)40-29(6,7)11-2)24(17-21)39-28(35)41-30(8,9)12-3/h13-14,17,19-20,22H,10-12,15-16,18,31H2,1-9H3/t19?,20-,22-/m0/s1. The average molecular weight is 582 g/mol. The molecule has 0 aliphatic rings. The van der Waals surface area contributed by atoms with Crippen LogP contribution in [0.2, 0.25) is 0 Å². The summed E-state index contributed by atoms with van der Waals surface area (Å²) in [5.74, 6) is -1.06. The van der Waals surface area contributed by atoms with Crippen molar-refractivity contribution in [3.05, 3.63) is 23.8 Å². The zero-order valence-electron chi connectivity index (χ0n) is 25.9. The molecule has 0 aromatic heterocycles. The Morgan fingerprint density at radius 2 is 1.39 bits per heavy atom. The second-order valence-corrected chi connectivity index (χ2v) is 11.4. The fourth-order valence-electron chi connectivity index (χ4n) is 3.02. The van der Waals surface area contributed by atoms with Gasteiger partial charge in [0, 0.05) is 6.42 Å². The Labute approximate surface area is 243 Å². The van der Waals surface area contributed by atoms with Crippen molar-refractivity contribution in [1.29, 1.82) is 0 Å². The van der Waals surface area contributed by atoms with E-state index in [0.29, 0.717) is 24.8 Å². The Morgan fingerprint density at radius 3 is 1.90 bits per heavy atom. The minimum Gasteiger partial charge on any atom is -0.462 e. The predicted molar refractivity (Wildman–Crippen MR) is 152 cm³/mol. The molecule has 1 rings (SSSR count). The first-order valence-electron chi connectivity index (χ1n) is 14.1. The fraction of sp³-hybridized carbons (Fsp3) is 0.667. The summed E-state index contributed by atoms with van der Waals surface area (Å²) in [5.41, 5.74) is 5.02. The maximum absolute atomic E-state index is 12.6. The lowest BCUT2D eigenvalue weighted by Crippen LogP contribution is -2.37. The molecule has 1 unspecified atom stereocenters. The summed E-state index contributed by atoms with van der Waals surface area (Å²) in [6.07, 6.45) is -0.423. The summed E-state index contributed by atoms with van der Waals surface area (Å²) in [6.45, 7) is 16.1. The molecule has 1 aromatic rings. The van der Waals surface area contributed by atoms with E-state index in [9.17, 15) is 19.2 Å². The topological polar surface area (TPSA) is 150 Å². The van der Waals surface area contributed by atoms with E-state index in [1.165, 1.54) is 12.1 Å². The summed E-state index contributed by atoms with van der Waals surface area (Å²) in [6, 6.07) is 3.31. The molecule has 0 fully saturated rings. The largest absolute Gasteiger partial charge is 0.514 e. The minimum absolute atomic E-state index is 0.0127. The Hall–Kier alpha value is -3.34. The van der Waals surface area contributed by atoms with Crippen molar-refractivity contribution in [2.24, 2.45) is 11.7 Å². The number of carbonyl (C=O) groups is 4. The van der Waals surface area contributed by atoms with Crippen molar-refractivity contribution >= 4 is 24.2 Å². The molecule has 0 saturated carbocycles. The van der Waals surface area contributed by atoms with Gasteiger partial charge in [-0.25, -0.2) is 9.59 Å². The smallest absolute Gasteiger partial charge is 0.462 e. The predicted octanol–water partition coefficient (Wildman–Crippen LogP) is 5.88. The summed E-state index contributed by atoms with van der Waals surface area (Å²) in [7, 11) is 0. The highest BCUT2D eigenvalue weighted by atomic mass is 16.8. The van der Waals surface area contributed by atoms with E-state index < -0.39 is 41.6 Å². The van der Waals surface area contributed by atoms with Crippen LogP contribution in [0.5, 0.6) is 11.5 Å². The van der Waals surface area contributed by atoms with Crippen LogP contribution in [0.15, 0.2) is 18.2 Å². The second kappa shape index (κ2) is 16.2. The SMILES string of the molecule is CCC(C)CC(=O)OC[C@H](C)OC(=O)[C@@H](N)Cc1ccc(OC(=O)OC(C)(C)CC)c(OC(=O)OC(C)(C)CC)c1. The normalized spacial score (nSPS) is 13.8. The molecule has 232 valence electrons. The van der Waals surface area contributed by atoms with Crippen LogP contribution in [-0.2, 0) is 35.0 Å². The number of hydrogen-bond acceptors (Lipinski definition) is 11. The van der Waals surface area contributed by atoms with Gasteiger partial charge >= 0.3 is 24.2 Å². The van der Waals surface area contributed by atoms with Crippen molar-refractivity contribution in [2.45, 2.75) is 118 Å². The number of nitrogens with two attached hydrogens (primary N) is 1. The van der Waals surface area contributed by atoms with Gasteiger partial charge < -0.3 is 34.2 Å². The molecule has 0 aliphatic heterocycles. The molecular formula is C30H47NO10. The van der Waals surface area contributed by atoms with Gasteiger partial charge in [0.25, 0.3) is 0 Å². The summed E-state index contributed by atoms with van der Waals surface area (Å²) in [5, 5.41) is 0. The van der Waals surface area contributed by atoms with E-state index in [4.69, 9.17) is 34.2 Å². The van der Waals surface area contributed by atoms with Gasteiger partial charge in [0.1, 0.15) is 30.0 Å². The van der Waals surface area contributed by atoms with Crippen LogP contribution < -0.4 is 15.2 Å². The van der Waals surface area contributed by atoms with Crippen LogP contribution in [-0.4, -0.2) is 54.2 Å². The van der Waals surface area contributed by atoms with E-state index in [-0.39, 0.29) is 36.4 Å². The van der Waals surface area contributed by atoms with Crippen molar-refractivity contribution in [2.75, 3.05) is 6.61 Å². The van der Waals surface area contributed by atoms with E-state index in [2.05, 4.69) is 0 Å². The van der Waals surface area contributed by atoms with Crippen molar-refractivity contribution in [1.82, 2.24) is 0 Å². The van der Waals surface area contributed by atoms with Crippen LogP contribution in [0.4, 0.5) is 9.59 Å². The van der Waals surface area contributed by atoms with Gasteiger partial charge in [-0.15, -0.1) is 0 Å². The molecule has 11 heteroatoms. The van der Waals surface area contributed by atoms with Crippen molar-refractivity contribution < 1.29 is 47.6 Å². The molecule has 41 heavy (non-hydrogen) atoms. The van der Waals surface area contributed by atoms with Gasteiger partial charge in [-0.1, -0.05) is 40.2 Å². The third-order valence-corrected chi connectivity index (χ3v) is 6.58. The molecule has 0 radical (unpaired) electrons. The Bertz CT molecular complexity index is 1040. The van der Waals surface area contributed by atoms with Crippen LogP contribution in [0, 0.1) is 5.92 Å². The van der Waals surface area contributed by atoms with Gasteiger partial charge in [-0.2, -0.15) is 0 Å². The van der Waals surface area contributed by atoms with Crippen molar-refractivity contribution in [3.63, 3.8) is 0 Å². The third-order valence-electron chi connectivity index (χ3n) is 6.58. The van der Waals surface area contributed by atoms with Crippen LogP contribution in [0.1, 0.15) is 93.6 Å². The van der Waals surface area contributed by atoms with Gasteiger partial charge in [0.2, 0.25) is 0 Å². The molecule has 0 saturated heterocycles. The van der Waals surface area contributed by atoms with E-state index in [0.717, 1.165) is 6.42 Å². The zero-order chi connectivity index (χ0) is 31.4. The number of rotatable bonds is 15. The lowest BCUT2D eigenvalue weighted by molar-refractivity contribution is -0.159. The highest BCUT2D eigenvalue weighted by Gasteiger charge is 2.27. The first-order chi connectivity index (χ1) is 19.0. The Balaban J connectivity index is 2.96. The maximum Gasteiger partial charge on any atom is 0.514 e. The van der Waals surface area contributed by atoms with E-state index in [1.54, 1.807) is 40.7 Å². The number of carbonyl (C=O) groups excluding carboxylic acids is 4. The van der Waals surface area contributed by atoms with Crippen LogP contribution >= 0.6 is 0 Å². The summed E-state index contributed by atoms with van der Waals surface area (Å²) < 4.78 is 31.9. The number of hydrogen-bond donors (Lipinski definition) is 1. The summed E-state index contributed by atoms with van der Waals surface area (Å²) >= 11 is 0. The van der Waals surface area contributed by atoms with Crippen molar-refractivity contribution in [3.8, 4) is 11.5 Å². The fourth-order valence-corrected chi connectivity index (χ4v) is 3.02. The average Bonchev–Trinajstić information content (AvgIpc) is 2.88. The number of benzene rings is 1. The third kappa shape index (κ3) is 13.7. The van der Waals surface area contributed by atoms with E-state index in [1.807, 2.05) is 27.7 Å². The molecule has 11 nitrogen and oxygen atoms in total. The molecule has 0 bridgehead atoms. The summed E-state index contributed by atoms with van der Waals surface area (Å²) in [4.78, 5) is 49.3. The second-order valence-electron chi connectivity index (χ2n) is 11.4. The zero-order valence-corrected chi connectivity index (χ0v) is 25.9. The Kier molecular flexibility index (Phi) is 14.1. The molecule has 2 N–H and O–H groups in total. The van der Waals surface area contributed by atoms with Gasteiger partial charge in [0.15, 0.2) is 11.5 Å². The van der Waals surface area contributed by atoms with Gasteiger partial charge in [-0.3, -0.25) is 9.59 Å². The molecule has 3 atom stereocenters.